The molecule has 3 amide bonds. The first-order valence-electron chi connectivity index (χ1n) is 11.2. The van der Waals surface area contributed by atoms with Crippen LogP contribution >= 0.6 is 0 Å². The van der Waals surface area contributed by atoms with E-state index >= 15 is 0 Å². The number of likely N-dealkylation sites (tertiary alicyclic amines) is 1. The van der Waals surface area contributed by atoms with Crippen LogP contribution in [0.15, 0.2) is 0 Å². The van der Waals surface area contributed by atoms with Crippen molar-refractivity contribution < 1.29 is 29.4 Å². The summed E-state index contributed by atoms with van der Waals surface area (Å²) >= 11 is 0. The molecule has 1 heterocycles. The van der Waals surface area contributed by atoms with Crippen molar-refractivity contribution in [3.05, 3.63) is 0 Å². The highest BCUT2D eigenvalue weighted by molar-refractivity contribution is 5.94. The molecule has 0 aromatic carbocycles. The number of unbranched alkanes of at least 4 members (excludes halogenated alkanes) is 2. The fraction of sp³-hybridized carbons (Fsp3) is 0.800. The fourth-order valence-corrected chi connectivity index (χ4v) is 3.64. The SMILES string of the molecule is NCCCCC(N)C(=O)N1CCCC1C(=O)NC(CCCCN)C(=O)NC(CO)C(=O)O. The summed E-state index contributed by atoms with van der Waals surface area (Å²) in [5.74, 6) is -2.90. The number of aliphatic carboxylic acids is 1. The van der Waals surface area contributed by atoms with Gasteiger partial charge in [-0.15, -0.1) is 0 Å². The summed E-state index contributed by atoms with van der Waals surface area (Å²) in [7, 11) is 0. The van der Waals surface area contributed by atoms with Crippen LogP contribution in [0.3, 0.4) is 0 Å². The zero-order chi connectivity index (χ0) is 24.1. The lowest BCUT2D eigenvalue weighted by atomic mass is 10.1. The Hall–Kier alpha value is -2.28. The van der Waals surface area contributed by atoms with Crippen molar-refractivity contribution in [2.75, 3.05) is 26.2 Å². The number of nitrogens with two attached hydrogens (primary N) is 3. The van der Waals surface area contributed by atoms with Crippen LogP contribution in [-0.4, -0.2) is 89.2 Å². The Morgan fingerprint density at radius 3 is 2.16 bits per heavy atom. The zero-order valence-electron chi connectivity index (χ0n) is 18.5. The summed E-state index contributed by atoms with van der Waals surface area (Å²) in [5.41, 5.74) is 17.0. The number of aliphatic hydroxyl groups excluding tert-OH is 1. The molecule has 1 aliphatic heterocycles. The predicted octanol–water partition coefficient (Wildman–Crippen LogP) is -2.39. The molecule has 0 aliphatic carbocycles. The van der Waals surface area contributed by atoms with Gasteiger partial charge in [0, 0.05) is 6.54 Å². The van der Waals surface area contributed by atoms with Crippen LogP contribution < -0.4 is 27.8 Å². The van der Waals surface area contributed by atoms with Crippen molar-refractivity contribution in [3.8, 4) is 0 Å². The molecular formula is C20H38N6O6. The van der Waals surface area contributed by atoms with Gasteiger partial charge in [0.15, 0.2) is 0 Å². The molecule has 12 heteroatoms. The summed E-state index contributed by atoms with van der Waals surface area (Å²) in [5, 5.41) is 23.1. The number of carbonyl (C=O) groups excluding carboxylic acids is 3. The number of amides is 3. The Labute approximate surface area is 188 Å². The van der Waals surface area contributed by atoms with E-state index in [4.69, 9.17) is 27.4 Å². The molecule has 0 spiro atoms. The van der Waals surface area contributed by atoms with Gasteiger partial charge in [-0.25, -0.2) is 4.79 Å². The lowest BCUT2D eigenvalue weighted by Crippen LogP contribution is -2.57. The van der Waals surface area contributed by atoms with Crippen molar-refractivity contribution in [2.45, 2.75) is 75.5 Å². The van der Waals surface area contributed by atoms with E-state index in [9.17, 15) is 19.2 Å². The van der Waals surface area contributed by atoms with Crippen molar-refractivity contribution in [3.63, 3.8) is 0 Å². The van der Waals surface area contributed by atoms with Crippen LogP contribution in [0.1, 0.15) is 51.4 Å². The average molecular weight is 459 g/mol. The summed E-state index contributed by atoms with van der Waals surface area (Å²) in [4.78, 5) is 50.8. The number of carboxylic acids is 1. The van der Waals surface area contributed by atoms with Crippen LogP contribution in [0.2, 0.25) is 0 Å². The van der Waals surface area contributed by atoms with Gasteiger partial charge in [-0.1, -0.05) is 6.42 Å². The average Bonchev–Trinajstić information content (AvgIpc) is 3.26. The van der Waals surface area contributed by atoms with Gasteiger partial charge >= 0.3 is 5.97 Å². The molecule has 1 aliphatic rings. The van der Waals surface area contributed by atoms with Crippen LogP contribution in [0, 0.1) is 0 Å². The highest BCUT2D eigenvalue weighted by atomic mass is 16.4. The molecule has 1 fully saturated rings. The number of hydrogen-bond acceptors (Lipinski definition) is 8. The van der Waals surface area contributed by atoms with Crippen molar-refractivity contribution >= 4 is 23.7 Å². The summed E-state index contributed by atoms with van der Waals surface area (Å²) in [6.45, 7) is 0.542. The van der Waals surface area contributed by atoms with Gasteiger partial charge in [0.25, 0.3) is 0 Å². The maximum absolute atomic E-state index is 12.9. The van der Waals surface area contributed by atoms with Gasteiger partial charge in [-0.2, -0.15) is 0 Å². The molecule has 12 nitrogen and oxygen atoms in total. The maximum Gasteiger partial charge on any atom is 0.328 e. The van der Waals surface area contributed by atoms with Crippen LogP contribution in [0.5, 0.6) is 0 Å². The van der Waals surface area contributed by atoms with Gasteiger partial charge in [-0.05, 0) is 58.0 Å². The maximum atomic E-state index is 12.9. The first kappa shape index (κ1) is 27.8. The molecule has 1 saturated heterocycles. The van der Waals surface area contributed by atoms with E-state index in [-0.39, 0.29) is 12.3 Å². The van der Waals surface area contributed by atoms with Crippen molar-refractivity contribution in [1.82, 2.24) is 15.5 Å². The zero-order valence-corrected chi connectivity index (χ0v) is 18.5. The summed E-state index contributed by atoms with van der Waals surface area (Å²) < 4.78 is 0. The number of hydrogen-bond donors (Lipinski definition) is 7. The highest BCUT2D eigenvalue weighted by Crippen LogP contribution is 2.20. The van der Waals surface area contributed by atoms with Crippen molar-refractivity contribution in [1.29, 1.82) is 0 Å². The number of carboxylic acid groups (broad SMARTS) is 1. The minimum atomic E-state index is -1.48. The molecule has 0 aromatic rings. The van der Waals surface area contributed by atoms with Gasteiger partial charge in [0.2, 0.25) is 17.7 Å². The lowest BCUT2D eigenvalue weighted by Gasteiger charge is -2.28. The Kier molecular flexibility index (Phi) is 12.8. The fourth-order valence-electron chi connectivity index (χ4n) is 3.64. The molecule has 0 bridgehead atoms. The normalized spacial score (nSPS) is 18.6. The Balaban J connectivity index is 2.82. The number of carbonyl (C=O) groups is 4. The first-order valence-corrected chi connectivity index (χ1v) is 11.2. The molecule has 32 heavy (non-hydrogen) atoms. The van der Waals surface area contributed by atoms with E-state index in [1.807, 2.05) is 0 Å². The molecule has 0 aromatic heterocycles. The first-order chi connectivity index (χ1) is 15.3. The lowest BCUT2D eigenvalue weighted by molar-refractivity contribution is -0.144. The second-order valence-electron chi connectivity index (χ2n) is 8.01. The van der Waals surface area contributed by atoms with E-state index in [1.54, 1.807) is 0 Å². The second-order valence-corrected chi connectivity index (χ2v) is 8.01. The van der Waals surface area contributed by atoms with Gasteiger partial charge in [0.05, 0.1) is 12.6 Å². The molecule has 184 valence electrons. The number of aliphatic hydroxyl groups is 1. The largest absolute Gasteiger partial charge is 0.480 e. The highest BCUT2D eigenvalue weighted by Gasteiger charge is 2.37. The number of nitrogens with one attached hydrogen (secondary N) is 2. The third-order valence-corrected chi connectivity index (χ3v) is 5.50. The number of nitrogens with zero attached hydrogens (tertiary/aromatic N) is 1. The minimum absolute atomic E-state index is 0.242. The third kappa shape index (κ3) is 8.69. The molecule has 4 atom stereocenters. The van der Waals surface area contributed by atoms with Gasteiger partial charge < -0.3 is 42.9 Å². The minimum Gasteiger partial charge on any atom is -0.480 e. The van der Waals surface area contributed by atoms with E-state index in [0.717, 1.165) is 6.42 Å². The summed E-state index contributed by atoms with van der Waals surface area (Å²) in [6, 6.07) is -3.97. The predicted molar refractivity (Wildman–Crippen MR) is 117 cm³/mol. The number of rotatable bonds is 15. The molecule has 4 unspecified atom stereocenters. The van der Waals surface area contributed by atoms with Gasteiger partial charge in [-0.3, -0.25) is 14.4 Å². The van der Waals surface area contributed by atoms with Gasteiger partial charge in [0.1, 0.15) is 18.1 Å². The Morgan fingerprint density at radius 2 is 1.59 bits per heavy atom. The second kappa shape index (κ2) is 14.7. The smallest absolute Gasteiger partial charge is 0.328 e. The molecule has 0 saturated carbocycles. The molecule has 0 radical (unpaired) electrons. The van der Waals surface area contributed by atoms with Crippen LogP contribution in [-0.2, 0) is 19.2 Å². The molecule has 10 N–H and O–H groups in total. The van der Waals surface area contributed by atoms with Crippen LogP contribution in [0.4, 0.5) is 0 Å². The van der Waals surface area contributed by atoms with Crippen molar-refractivity contribution in [2.24, 2.45) is 17.2 Å². The van der Waals surface area contributed by atoms with E-state index in [2.05, 4.69) is 10.6 Å². The monoisotopic (exact) mass is 458 g/mol. The molecule has 1 rings (SSSR count). The van der Waals surface area contributed by atoms with Crippen LogP contribution in [0.25, 0.3) is 0 Å². The Morgan fingerprint density at radius 1 is 0.969 bits per heavy atom. The van der Waals surface area contributed by atoms with E-state index in [1.165, 1.54) is 4.90 Å². The van der Waals surface area contributed by atoms with E-state index < -0.39 is 48.6 Å². The van der Waals surface area contributed by atoms with E-state index in [0.29, 0.717) is 58.2 Å². The standard InChI is InChI=1S/C20H38N6O6/c21-9-3-1-6-13(23)19(30)26-11-5-8-16(26)18(29)24-14(7-2-4-10-22)17(28)25-15(12-27)20(31)32/h13-16,27H,1-12,21-23H2,(H,24,29)(H,25,28)(H,31,32). The third-order valence-electron chi connectivity index (χ3n) is 5.50. The molecular weight excluding hydrogens is 420 g/mol. The Bertz CT molecular complexity index is 634. The summed E-state index contributed by atoms with van der Waals surface area (Å²) in [6.07, 6.45) is 4.42. The topological polar surface area (TPSA) is 214 Å². The quantitative estimate of drug-likeness (QED) is 0.130.